The molecule has 0 atom stereocenters. The summed E-state index contributed by atoms with van der Waals surface area (Å²) >= 11 is 5.71. The smallest absolute Gasteiger partial charge is 0.253 e. The summed E-state index contributed by atoms with van der Waals surface area (Å²) in [5.74, 6) is 0.639. The Hall–Kier alpha value is -2.91. The van der Waals surface area contributed by atoms with E-state index in [0.29, 0.717) is 29.0 Å². The Morgan fingerprint density at radius 2 is 1.68 bits per heavy atom. The number of aldehydes is 1. The normalized spacial score (nSPS) is 10.3. The van der Waals surface area contributed by atoms with Gasteiger partial charge in [0.15, 0.2) is 0 Å². The SMILES string of the molecule is O=Cc1ccc(-c2cc(OCc3ccccc3)ccc2C(=O)Cl)cc1. The van der Waals surface area contributed by atoms with Crippen molar-refractivity contribution in [3.8, 4) is 16.9 Å². The number of carbonyl (C=O) groups is 2. The highest BCUT2D eigenvalue weighted by Crippen LogP contribution is 2.30. The molecule has 3 aromatic rings. The van der Waals surface area contributed by atoms with Crippen LogP contribution in [0.3, 0.4) is 0 Å². The van der Waals surface area contributed by atoms with E-state index in [4.69, 9.17) is 16.3 Å². The quantitative estimate of drug-likeness (QED) is 0.457. The summed E-state index contributed by atoms with van der Waals surface area (Å²) in [6.45, 7) is 0.429. The molecule has 3 rings (SSSR count). The predicted molar refractivity (Wildman–Crippen MR) is 98.2 cm³/mol. The van der Waals surface area contributed by atoms with E-state index in [9.17, 15) is 9.59 Å². The van der Waals surface area contributed by atoms with Gasteiger partial charge in [-0.3, -0.25) is 9.59 Å². The molecule has 0 heterocycles. The Morgan fingerprint density at radius 1 is 0.960 bits per heavy atom. The molecule has 0 aromatic heterocycles. The summed E-state index contributed by atoms with van der Waals surface area (Å²) in [6.07, 6.45) is 0.775. The summed E-state index contributed by atoms with van der Waals surface area (Å²) in [6, 6.07) is 21.9. The first-order chi connectivity index (χ1) is 12.2. The van der Waals surface area contributed by atoms with Crippen molar-refractivity contribution >= 4 is 23.1 Å². The third-order valence-electron chi connectivity index (χ3n) is 3.81. The van der Waals surface area contributed by atoms with E-state index in [1.807, 2.05) is 30.3 Å². The second kappa shape index (κ2) is 7.77. The summed E-state index contributed by atoms with van der Waals surface area (Å²) in [5.41, 5.74) is 3.48. The Kier molecular flexibility index (Phi) is 5.26. The van der Waals surface area contributed by atoms with Crippen molar-refractivity contribution in [3.63, 3.8) is 0 Å². The van der Waals surface area contributed by atoms with Gasteiger partial charge in [0.2, 0.25) is 0 Å². The number of benzene rings is 3. The van der Waals surface area contributed by atoms with Gasteiger partial charge in [-0.05, 0) is 46.5 Å². The highest BCUT2D eigenvalue weighted by Gasteiger charge is 2.12. The van der Waals surface area contributed by atoms with Gasteiger partial charge < -0.3 is 4.74 Å². The highest BCUT2D eigenvalue weighted by atomic mass is 35.5. The number of hydrogen-bond donors (Lipinski definition) is 0. The molecular weight excluding hydrogens is 336 g/mol. The monoisotopic (exact) mass is 350 g/mol. The third kappa shape index (κ3) is 4.14. The molecule has 3 nitrogen and oxygen atoms in total. The molecule has 25 heavy (non-hydrogen) atoms. The van der Waals surface area contributed by atoms with Gasteiger partial charge in [0.05, 0.1) is 0 Å². The Balaban J connectivity index is 1.91. The molecule has 0 N–H and O–H groups in total. The number of rotatable bonds is 6. The highest BCUT2D eigenvalue weighted by molar-refractivity contribution is 6.68. The topological polar surface area (TPSA) is 43.4 Å². The van der Waals surface area contributed by atoms with Crippen molar-refractivity contribution in [3.05, 3.63) is 89.5 Å². The van der Waals surface area contributed by atoms with Gasteiger partial charge in [-0.2, -0.15) is 0 Å². The predicted octanol–water partition coefficient (Wildman–Crippen LogP) is 5.12. The van der Waals surface area contributed by atoms with E-state index in [2.05, 4.69) is 0 Å². The summed E-state index contributed by atoms with van der Waals surface area (Å²) in [5, 5.41) is -0.538. The van der Waals surface area contributed by atoms with Crippen molar-refractivity contribution in [2.45, 2.75) is 6.61 Å². The Morgan fingerprint density at radius 3 is 2.32 bits per heavy atom. The maximum absolute atomic E-state index is 11.7. The van der Waals surface area contributed by atoms with Crippen molar-refractivity contribution < 1.29 is 14.3 Å². The molecule has 0 bridgehead atoms. The first-order valence-corrected chi connectivity index (χ1v) is 8.11. The fourth-order valence-electron chi connectivity index (χ4n) is 2.51. The minimum absolute atomic E-state index is 0.396. The van der Waals surface area contributed by atoms with Crippen LogP contribution in [0.15, 0.2) is 72.8 Å². The van der Waals surface area contributed by atoms with Crippen LogP contribution in [-0.2, 0) is 6.61 Å². The van der Waals surface area contributed by atoms with Crippen LogP contribution in [0.25, 0.3) is 11.1 Å². The van der Waals surface area contributed by atoms with Crippen LogP contribution in [0.4, 0.5) is 0 Å². The molecule has 0 fully saturated rings. The van der Waals surface area contributed by atoms with E-state index in [1.165, 1.54) is 0 Å². The maximum atomic E-state index is 11.7. The molecule has 0 radical (unpaired) electrons. The van der Waals surface area contributed by atoms with Gasteiger partial charge in [-0.25, -0.2) is 0 Å². The average molecular weight is 351 g/mol. The van der Waals surface area contributed by atoms with Crippen molar-refractivity contribution in [2.24, 2.45) is 0 Å². The Bertz CT molecular complexity index is 887. The molecule has 4 heteroatoms. The minimum atomic E-state index is -0.538. The first-order valence-electron chi connectivity index (χ1n) is 7.73. The van der Waals surface area contributed by atoms with E-state index in [0.717, 1.165) is 17.4 Å². The second-order valence-electron chi connectivity index (χ2n) is 5.50. The lowest BCUT2D eigenvalue weighted by molar-refractivity contribution is 0.108. The number of ether oxygens (including phenoxy) is 1. The molecule has 3 aromatic carbocycles. The molecule has 0 aliphatic rings. The van der Waals surface area contributed by atoms with E-state index in [1.54, 1.807) is 42.5 Å². The summed E-state index contributed by atoms with van der Waals surface area (Å²) in [7, 11) is 0. The zero-order valence-corrected chi connectivity index (χ0v) is 14.1. The zero-order valence-electron chi connectivity index (χ0n) is 13.3. The summed E-state index contributed by atoms with van der Waals surface area (Å²) < 4.78 is 5.82. The van der Waals surface area contributed by atoms with Gasteiger partial charge in [-0.1, -0.05) is 54.6 Å². The lowest BCUT2D eigenvalue weighted by Crippen LogP contribution is -1.98. The molecule has 124 valence electrons. The van der Waals surface area contributed by atoms with Gasteiger partial charge in [-0.15, -0.1) is 0 Å². The third-order valence-corrected chi connectivity index (χ3v) is 4.01. The van der Waals surface area contributed by atoms with Crippen molar-refractivity contribution in [2.75, 3.05) is 0 Å². The molecule has 0 aliphatic heterocycles. The molecule has 0 unspecified atom stereocenters. The summed E-state index contributed by atoms with van der Waals surface area (Å²) in [4.78, 5) is 22.5. The van der Waals surface area contributed by atoms with Crippen LogP contribution in [0.5, 0.6) is 5.75 Å². The molecule has 0 aliphatic carbocycles. The van der Waals surface area contributed by atoms with Gasteiger partial charge >= 0.3 is 0 Å². The van der Waals surface area contributed by atoms with Crippen LogP contribution in [0.2, 0.25) is 0 Å². The zero-order chi connectivity index (χ0) is 17.6. The number of halogens is 1. The van der Waals surface area contributed by atoms with E-state index in [-0.39, 0.29) is 0 Å². The van der Waals surface area contributed by atoms with Crippen LogP contribution in [0, 0.1) is 0 Å². The second-order valence-corrected chi connectivity index (χ2v) is 5.84. The van der Waals surface area contributed by atoms with Crippen LogP contribution in [-0.4, -0.2) is 11.5 Å². The molecule has 0 spiro atoms. The fraction of sp³-hybridized carbons (Fsp3) is 0.0476. The van der Waals surface area contributed by atoms with Gasteiger partial charge in [0.25, 0.3) is 5.24 Å². The van der Waals surface area contributed by atoms with E-state index >= 15 is 0 Å². The lowest BCUT2D eigenvalue weighted by Gasteiger charge is -2.11. The average Bonchev–Trinajstić information content (AvgIpc) is 2.67. The number of hydrogen-bond acceptors (Lipinski definition) is 3. The molecule has 0 saturated heterocycles. The number of carbonyl (C=O) groups excluding carboxylic acids is 2. The molecular formula is C21H15ClO3. The fourth-order valence-corrected chi connectivity index (χ4v) is 2.67. The van der Waals surface area contributed by atoms with Crippen LogP contribution >= 0.6 is 11.6 Å². The van der Waals surface area contributed by atoms with Gasteiger partial charge in [0, 0.05) is 11.1 Å². The van der Waals surface area contributed by atoms with E-state index < -0.39 is 5.24 Å². The van der Waals surface area contributed by atoms with Gasteiger partial charge in [0.1, 0.15) is 18.6 Å². The molecule has 0 amide bonds. The van der Waals surface area contributed by atoms with Crippen LogP contribution < -0.4 is 4.74 Å². The standard InChI is InChI=1S/C21H15ClO3/c22-21(24)19-11-10-18(25-14-16-4-2-1-3-5-16)12-20(19)17-8-6-15(13-23)7-9-17/h1-13H,14H2. The van der Waals surface area contributed by atoms with Crippen LogP contribution in [0.1, 0.15) is 26.3 Å². The Labute approximate surface area is 150 Å². The minimum Gasteiger partial charge on any atom is -0.489 e. The maximum Gasteiger partial charge on any atom is 0.253 e. The van der Waals surface area contributed by atoms with Crippen molar-refractivity contribution in [1.29, 1.82) is 0 Å². The molecule has 0 saturated carbocycles. The first kappa shape index (κ1) is 16.9. The lowest BCUT2D eigenvalue weighted by atomic mass is 9.99. The largest absolute Gasteiger partial charge is 0.489 e. The van der Waals surface area contributed by atoms with Crippen molar-refractivity contribution in [1.82, 2.24) is 0 Å².